The van der Waals surface area contributed by atoms with E-state index in [0.29, 0.717) is 29.4 Å². The molecule has 1 aliphatic rings. The number of methoxy groups -OCH3 is 1. The normalized spacial score (nSPS) is 14.9. The van der Waals surface area contributed by atoms with Crippen LogP contribution in [0.2, 0.25) is 0 Å². The lowest BCUT2D eigenvalue weighted by Gasteiger charge is -2.27. The van der Waals surface area contributed by atoms with Crippen molar-refractivity contribution in [2.75, 3.05) is 7.11 Å². The van der Waals surface area contributed by atoms with Crippen LogP contribution in [-0.4, -0.2) is 12.2 Å². The van der Waals surface area contributed by atoms with Crippen LogP contribution in [0.5, 0.6) is 23.0 Å². The Morgan fingerprint density at radius 3 is 2.58 bits per heavy atom. The summed E-state index contributed by atoms with van der Waals surface area (Å²) in [5, 5.41) is 19.6. The number of aromatic hydroxyl groups is 1. The van der Waals surface area contributed by atoms with E-state index in [1.165, 1.54) is 6.07 Å². The molecule has 0 radical (unpaired) electrons. The quantitative estimate of drug-likeness (QED) is 0.537. The molecule has 1 aliphatic heterocycles. The van der Waals surface area contributed by atoms with Crippen molar-refractivity contribution in [2.45, 2.75) is 12.5 Å². The van der Waals surface area contributed by atoms with E-state index in [9.17, 15) is 10.4 Å². The van der Waals surface area contributed by atoms with Crippen LogP contribution in [0.25, 0.3) is 0 Å². The molecule has 31 heavy (non-hydrogen) atoms. The molecule has 3 N–H and O–H groups in total. The third-order valence-corrected chi connectivity index (χ3v) is 5.72. The van der Waals surface area contributed by atoms with Crippen LogP contribution < -0.4 is 19.9 Å². The van der Waals surface area contributed by atoms with E-state index in [2.05, 4.69) is 22.0 Å². The van der Waals surface area contributed by atoms with Gasteiger partial charge in [0.25, 0.3) is 0 Å². The van der Waals surface area contributed by atoms with Gasteiger partial charge in [-0.25, -0.2) is 0 Å². The predicted molar refractivity (Wildman–Crippen MR) is 119 cm³/mol. The average Bonchev–Trinajstić information content (AvgIpc) is 2.77. The molecule has 156 valence electrons. The summed E-state index contributed by atoms with van der Waals surface area (Å²) in [5.74, 6) is 1.04. The van der Waals surface area contributed by atoms with E-state index in [0.717, 1.165) is 15.6 Å². The van der Waals surface area contributed by atoms with Crippen LogP contribution in [0.4, 0.5) is 0 Å². The standard InChI is InChI=1S/C24H19BrN2O4/c1-29-21-10-17(19(25)11-22(21)30-13-14-5-3-2-4-6-14)23-16-8-7-15(28)9-20(16)31-24(27)18(23)12-26/h2-11,23,28H,13,27H2,1H3/t23-/m1/s1. The molecule has 3 aromatic carbocycles. The molecule has 4 rings (SSSR count). The molecule has 1 heterocycles. The fourth-order valence-electron chi connectivity index (χ4n) is 3.54. The Balaban J connectivity index is 1.76. The molecule has 1 atom stereocenters. The maximum atomic E-state index is 9.83. The molecule has 0 saturated carbocycles. The molecule has 0 amide bonds. The second kappa shape index (κ2) is 8.62. The van der Waals surface area contributed by atoms with Crippen molar-refractivity contribution in [2.24, 2.45) is 5.73 Å². The lowest BCUT2D eigenvalue weighted by Crippen LogP contribution is -2.21. The maximum absolute atomic E-state index is 9.83. The van der Waals surface area contributed by atoms with Crippen molar-refractivity contribution in [3.05, 3.63) is 93.3 Å². The SMILES string of the molecule is COc1cc([C@@H]2C(C#N)=C(N)Oc3cc(O)ccc32)c(Br)cc1OCc1ccccc1. The number of benzene rings is 3. The number of nitrogens with zero attached hydrogens (tertiary/aromatic N) is 1. The number of ether oxygens (including phenoxy) is 3. The fraction of sp³-hybridized carbons (Fsp3) is 0.125. The molecule has 3 aromatic rings. The van der Waals surface area contributed by atoms with Gasteiger partial charge < -0.3 is 25.1 Å². The summed E-state index contributed by atoms with van der Waals surface area (Å²) in [5.41, 5.74) is 8.81. The molecular formula is C24H19BrN2O4. The van der Waals surface area contributed by atoms with Gasteiger partial charge in [-0.1, -0.05) is 52.3 Å². The number of halogens is 1. The fourth-order valence-corrected chi connectivity index (χ4v) is 4.09. The minimum atomic E-state index is -0.499. The van der Waals surface area contributed by atoms with Crippen molar-refractivity contribution in [3.8, 4) is 29.1 Å². The number of nitrogens with two attached hydrogens (primary N) is 1. The molecule has 0 spiro atoms. The van der Waals surface area contributed by atoms with Gasteiger partial charge in [0.1, 0.15) is 29.7 Å². The summed E-state index contributed by atoms with van der Waals surface area (Å²) in [6.45, 7) is 0.388. The highest BCUT2D eigenvalue weighted by molar-refractivity contribution is 9.10. The second-order valence-corrected chi connectivity index (χ2v) is 7.80. The number of nitriles is 1. The monoisotopic (exact) mass is 478 g/mol. The summed E-state index contributed by atoms with van der Waals surface area (Å²) >= 11 is 3.62. The van der Waals surface area contributed by atoms with Crippen molar-refractivity contribution in [3.63, 3.8) is 0 Å². The Bertz CT molecular complexity index is 1200. The Labute approximate surface area is 188 Å². The van der Waals surface area contributed by atoms with Crippen LogP contribution in [-0.2, 0) is 6.61 Å². The first-order chi connectivity index (χ1) is 15.0. The number of rotatable bonds is 5. The van der Waals surface area contributed by atoms with Crippen molar-refractivity contribution in [1.29, 1.82) is 5.26 Å². The second-order valence-electron chi connectivity index (χ2n) is 6.95. The zero-order valence-corrected chi connectivity index (χ0v) is 18.2. The van der Waals surface area contributed by atoms with Gasteiger partial charge in [0.15, 0.2) is 11.5 Å². The van der Waals surface area contributed by atoms with Crippen LogP contribution >= 0.6 is 15.9 Å². The van der Waals surface area contributed by atoms with Crippen LogP contribution in [0.3, 0.4) is 0 Å². The lowest BCUT2D eigenvalue weighted by molar-refractivity contribution is 0.284. The van der Waals surface area contributed by atoms with Crippen molar-refractivity contribution < 1.29 is 19.3 Å². The first kappa shape index (κ1) is 20.6. The van der Waals surface area contributed by atoms with Gasteiger partial charge >= 0.3 is 0 Å². The minimum absolute atomic E-state index is 0.000806. The van der Waals surface area contributed by atoms with E-state index in [-0.39, 0.29) is 17.2 Å². The maximum Gasteiger partial charge on any atom is 0.205 e. The number of phenols is 1. The summed E-state index contributed by atoms with van der Waals surface area (Å²) in [7, 11) is 1.56. The predicted octanol–water partition coefficient (Wildman–Crippen LogP) is 4.96. The highest BCUT2D eigenvalue weighted by Gasteiger charge is 2.33. The first-order valence-corrected chi connectivity index (χ1v) is 10.3. The van der Waals surface area contributed by atoms with Gasteiger partial charge in [0.2, 0.25) is 5.88 Å². The first-order valence-electron chi connectivity index (χ1n) is 9.46. The number of hydrogen-bond donors (Lipinski definition) is 2. The summed E-state index contributed by atoms with van der Waals surface area (Å²) in [6, 6.07) is 20.4. The lowest BCUT2D eigenvalue weighted by atomic mass is 9.83. The van der Waals surface area contributed by atoms with Crippen molar-refractivity contribution in [1.82, 2.24) is 0 Å². The van der Waals surface area contributed by atoms with Gasteiger partial charge in [-0.15, -0.1) is 0 Å². The smallest absolute Gasteiger partial charge is 0.205 e. The van der Waals surface area contributed by atoms with Gasteiger partial charge in [0.05, 0.1) is 13.0 Å². The van der Waals surface area contributed by atoms with Crippen molar-refractivity contribution >= 4 is 15.9 Å². The Morgan fingerprint density at radius 2 is 1.87 bits per heavy atom. The molecule has 0 unspecified atom stereocenters. The zero-order chi connectivity index (χ0) is 22.0. The van der Waals surface area contributed by atoms with Gasteiger partial charge in [-0.3, -0.25) is 0 Å². The number of phenolic OH excluding ortho intramolecular Hbond substituents is 1. The third kappa shape index (κ3) is 4.03. The molecule has 0 aliphatic carbocycles. The molecule has 0 bridgehead atoms. The summed E-state index contributed by atoms with van der Waals surface area (Å²) < 4.78 is 17.9. The molecule has 0 fully saturated rings. The summed E-state index contributed by atoms with van der Waals surface area (Å²) in [4.78, 5) is 0. The largest absolute Gasteiger partial charge is 0.508 e. The molecule has 0 aromatic heterocycles. The molecule has 7 heteroatoms. The highest BCUT2D eigenvalue weighted by atomic mass is 79.9. The molecule has 0 saturated heterocycles. The Morgan fingerprint density at radius 1 is 1.10 bits per heavy atom. The van der Waals surface area contributed by atoms with Crippen LogP contribution in [0, 0.1) is 11.3 Å². The van der Waals surface area contributed by atoms with E-state index in [4.69, 9.17) is 19.9 Å². The number of allylic oxidation sites excluding steroid dienone is 1. The number of hydrogen-bond acceptors (Lipinski definition) is 6. The third-order valence-electron chi connectivity index (χ3n) is 5.03. The van der Waals surface area contributed by atoms with Gasteiger partial charge in [-0.05, 0) is 29.3 Å². The Hall–Kier alpha value is -3.63. The number of fused-ring (bicyclic) bond motifs is 1. The highest BCUT2D eigenvalue weighted by Crippen LogP contribution is 2.47. The van der Waals surface area contributed by atoms with E-state index in [1.54, 1.807) is 19.2 Å². The topological polar surface area (TPSA) is 97.7 Å². The van der Waals surface area contributed by atoms with E-state index in [1.807, 2.05) is 42.5 Å². The zero-order valence-electron chi connectivity index (χ0n) is 16.6. The van der Waals surface area contributed by atoms with E-state index >= 15 is 0 Å². The molecule has 6 nitrogen and oxygen atoms in total. The summed E-state index contributed by atoms with van der Waals surface area (Å²) in [6.07, 6.45) is 0. The Kier molecular flexibility index (Phi) is 5.74. The molecular weight excluding hydrogens is 460 g/mol. The van der Waals surface area contributed by atoms with Crippen LogP contribution in [0.15, 0.2) is 76.6 Å². The van der Waals surface area contributed by atoms with Gasteiger partial charge in [-0.2, -0.15) is 5.26 Å². The minimum Gasteiger partial charge on any atom is -0.508 e. The van der Waals surface area contributed by atoms with Gasteiger partial charge in [0, 0.05) is 16.1 Å². The average molecular weight is 479 g/mol. The van der Waals surface area contributed by atoms with Crippen LogP contribution in [0.1, 0.15) is 22.6 Å². The van der Waals surface area contributed by atoms with E-state index < -0.39 is 5.92 Å².